The van der Waals surface area contributed by atoms with Gasteiger partial charge in [0, 0.05) is 18.9 Å². The Morgan fingerprint density at radius 2 is 1.92 bits per heavy atom. The number of carboxylic acid groups (broad SMARTS) is 1. The predicted molar refractivity (Wildman–Crippen MR) is 131 cm³/mol. The summed E-state index contributed by atoms with van der Waals surface area (Å²) in [5, 5.41) is 10.3. The summed E-state index contributed by atoms with van der Waals surface area (Å²) in [6.45, 7) is 8.25. The molecule has 0 spiro atoms. The molecule has 2 aliphatic heterocycles. The highest BCUT2D eigenvalue weighted by Gasteiger charge is 2.47. The van der Waals surface area contributed by atoms with E-state index in [1.807, 2.05) is 45.9 Å². The number of aliphatic imine (C=N–C) groups is 1. The number of guanidine groups is 1. The standard InChI is InChI=1S/C23H32N4O4.C2HF3O2/c1-22(2)11-18(28)27(21(24)26-22)12-13-9-14(13)20(29)25-15-10-23(3,4)31-17-8-6-7-16(30-5)19(15)17;3-2(4,5)1(6)7/h6-8,13-15H,9-12H2,1-5H3,(H2,24,26)(H,25,29);(H,6,7)/t13-,14+,15?;/m0./s1. The molecule has 2 amide bonds. The number of nitrogens with one attached hydrogen (secondary N) is 1. The summed E-state index contributed by atoms with van der Waals surface area (Å²) in [6.07, 6.45) is -3.38. The first-order valence-corrected chi connectivity index (χ1v) is 12.1. The second-order valence-electron chi connectivity index (χ2n) is 10.9. The van der Waals surface area contributed by atoms with E-state index in [0.717, 1.165) is 17.7 Å². The fourth-order valence-corrected chi connectivity index (χ4v) is 4.67. The highest BCUT2D eigenvalue weighted by atomic mass is 19.4. The number of nitrogens with zero attached hydrogens (tertiary/aromatic N) is 2. The third-order valence-electron chi connectivity index (χ3n) is 6.49. The Morgan fingerprint density at radius 1 is 1.29 bits per heavy atom. The van der Waals surface area contributed by atoms with Crippen molar-refractivity contribution in [3.05, 3.63) is 23.8 Å². The van der Waals surface area contributed by atoms with E-state index in [2.05, 4.69) is 10.3 Å². The number of carbonyl (C=O) groups excluding carboxylic acids is 2. The molecule has 10 nitrogen and oxygen atoms in total. The minimum absolute atomic E-state index is 0.00939. The number of amides is 2. The molecular formula is C25H33F3N4O6. The van der Waals surface area contributed by atoms with E-state index in [1.165, 1.54) is 4.90 Å². The number of hydrogen-bond donors (Lipinski definition) is 3. The second kappa shape index (κ2) is 10.3. The molecular weight excluding hydrogens is 509 g/mol. The number of hydrogen-bond acceptors (Lipinski definition) is 7. The van der Waals surface area contributed by atoms with Gasteiger partial charge >= 0.3 is 12.1 Å². The Bertz CT molecular complexity index is 1130. The van der Waals surface area contributed by atoms with Crippen LogP contribution in [0.4, 0.5) is 13.2 Å². The molecule has 1 aromatic carbocycles. The molecule has 1 fully saturated rings. The molecule has 1 saturated carbocycles. The third kappa shape index (κ3) is 6.87. The Balaban J connectivity index is 0.000000505. The molecule has 0 radical (unpaired) electrons. The van der Waals surface area contributed by atoms with Crippen molar-refractivity contribution in [3.63, 3.8) is 0 Å². The first kappa shape index (κ1) is 29.1. The van der Waals surface area contributed by atoms with Crippen LogP contribution in [0.15, 0.2) is 23.2 Å². The zero-order chi connectivity index (χ0) is 28.6. The number of halogens is 3. The van der Waals surface area contributed by atoms with Crippen LogP contribution in [0.1, 0.15) is 58.6 Å². The van der Waals surface area contributed by atoms with Gasteiger partial charge in [-0.05, 0) is 52.2 Å². The molecule has 210 valence electrons. The summed E-state index contributed by atoms with van der Waals surface area (Å²) in [4.78, 5) is 40.4. The van der Waals surface area contributed by atoms with Crippen LogP contribution in [0, 0.1) is 11.8 Å². The minimum atomic E-state index is -5.08. The van der Waals surface area contributed by atoms with Crippen molar-refractivity contribution in [1.82, 2.24) is 10.2 Å². The Labute approximate surface area is 218 Å². The molecule has 38 heavy (non-hydrogen) atoms. The topological polar surface area (TPSA) is 144 Å². The zero-order valence-corrected chi connectivity index (χ0v) is 21.9. The number of ether oxygens (including phenoxy) is 2. The van der Waals surface area contributed by atoms with Crippen LogP contribution in [0.5, 0.6) is 11.5 Å². The number of aliphatic carboxylic acids is 1. The Hall–Kier alpha value is -3.51. The van der Waals surface area contributed by atoms with Crippen molar-refractivity contribution >= 4 is 23.7 Å². The number of carbonyl (C=O) groups is 3. The third-order valence-corrected chi connectivity index (χ3v) is 6.49. The molecule has 3 atom stereocenters. The maximum atomic E-state index is 13.1. The van der Waals surface area contributed by atoms with E-state index in [-0.39, 0.29) is 35.7 Å². The van der Waals surface area contributed by atoms with Gasteiger partial charge in [-0.3, -0.25) is 14.5 Å². The first-order chi connectivity index (χ1) is 17.4. The van der Waals surface area contributed by atoms with Gasteiger partial charge in [-0.2, -0.15) is 13.2 Å². The highest BCUT2D eigenvalue weighted by molar-refractivity contribution is 5.99. The Kier molecular flexibility index (Phi) is 7.90. The fourth-order valence-electron chi connectivity index (χ4n) is 4.67. The van der Waals surface area contributed by atoms with Crippen LogP contribution in [-0.4, -0.2) is 64.7 Å². The molecule has 3 aliphatic rings. The van der Waals surface area contributed by atoms with Crippen molar-refractivity contribution in [3.8, 4) is 11.5 Å². The Morgan fingerprint density at radius 3 is 2.47 bits per heavy atom. The van der Waals surface area contributed by atoms with Crippen LogP contribution in [0.3, 0.4) is 0 Å². The molecule has 0 bridgehead atoms. The van der Waals surface area contributed by atoms with Crippen molar-refractivity contribution in [1.29, 1.82) is 0 Å². The van der Waals surface area contributed by atoms with Gasteiger partial charge in [0.25, 0.3) is 0 Å². The molecule has 13 heteroatoms. The molecule has 1 unspecified atom stereocenters. The number of rotatable bonds is 5. The van der Waals surface area contributed by atoms with Gasteiger partial charge in [-0.1, -0.05) is 6.07 Å². The summed E-state index contributed by atoms with van der Waals surface area (Å²) >= 11 is 0. The molecule has 4 N–H and O–H groups in total. The van der Waals surface area contributed by atoms with E-state index in [1.54, 1.807) is 7.11 Å². The van der Waals surface area contributed by atoms with Crippen molar-refractivity contribution in [2.75, 3.05) is 13.7 Å². The maximum absolute atomic E-state index is 13.1. The largest absolute Gasteiger partial charge is 0.496 e. The molecule has 4 rings (SSSR count). The van der Waals surface area contributed by atoms with E-state index < -0.39 is 23.3 Å². The van der Waals surface area contributed by atoms with Crippen LogP contribution in [0.25, 0.3) is 0 Å². The first-order valence-electron chi connectivity index (χ1n) is 12.1. The summed E-state index contributed by atoms with van der Waals surface area (Å²) in [7, 11) is 1.62. The zero-order valence-electron chi connectivity index (χ0n) is 21.9. The number of carboxylic acids is 1. The lowest BCUT2D eigenvalue weighted by molar-refractivity contribution is -0.192. The molecule has 1 aromatic rings. The van der Waals surface area contributed by atoms with Gasteiger partial charge in [0.2, 0.25) is 11.8 Å². The van der Waals surface area contributed by atoms with Crippen molar-refractivity contribution in [2.24, 2.45) is 22.6 Å². The quantitative estimate of drug-likeness (QED) is 0.519. The lowest BCUT2D eigenvalue weighted by Gasteiger charge is -2.38. The molecule has 1 aliphatic carbocycles. The summed E-state index contributed by atoms with van der Waals surface area (Å²) in [6, 6.07) is 5.47. The highest BCUT2D eigenvalue weighted by Crippen LogP contribution is 2.46. The predicted octanol–water partition coefficient (Wildman–Crippen LogP) is 3.01. The molecule has 0 saturated heterocycles. The van der Waals surface area contributed by atoms with Gasteiger partial charge < -0.3 is 25.6 Å². The number of fused-ring (bicyclic) bond motifs is 1. The van der Waals surface area contributed by atoms with Crippen LogP contribution < -0.4 is 20.5 Å². The number of methoxy groups -OCH3 is 1. The van der Waals surface area contributed by atoms with Gasteiger partial charge in [-0.15, -0.1) is 0 Å². The summed E-state index contributed by atoms with van der Waals surface area (Å²) in [5.41, 5.74) is 6.03. The van der Waals surface area contributed by atoms with Gasteiger partial charge in [-0.25, -0.2) is 9.79 Å². The van der Waals surface area contributed by atoms with E-state index in [4.69, 9.17) is 25.1 Å². The molecule has 0 aromatic heterocycles. The lowest BCUT2D eigenvalue weighted by Crippen LogP contribution is -2.50. The van der Waals surface area contributed by atoms with E-state index in [9.17, 15) is 22.8 Å². The van der Waals surface area contributed by atoms with Gasteiger partial charge in [0.05, 0.1) is 30.7 Å². The van der Waals surface area contributed by atoms with Crippen LogP contribution in [-0.2, 0) is 14.4 Å². The monoisotopic (exact) mass is 542 g/mol. The lowest BCUT2D eigenvalue weighted by atomic mass is 9.89. The summed E-state index contributed by atoms with van der Waals surface area (Å²) in [5.74, 6) is -1.17. The minimum Gasteiger partial charge on any atom is -0.496 e. The average molecular weight is 543 g/mol. The van der Waals surface area contributed by atoms with E-state index in [0.29, 0.717) is 25.1 Å². The van der Waals surface area contributed by atoms with Crippen molar-refractivity contribution < 1.29 is 42.1 Å². The molecule has 2 heterocycles. The number of benzene rings is 1. The SMILES string of the molecule is COc1cccc2c1C(NC(=O)[C@@H]1C[C@H]1CN1C(=O)CC(C)(C)N=C1N)CC(C)(C)O2.O=C(O)C(F)(F)F. The van der Waals surface area contributed by atoms with Gasteiger partial charge in [0.15, 0.2) is 5.96 Å². The second-order valence-corrected chi connectivity index (χ2v) is 10.9. The smallest absolute Gasteiger partial charge is 0.490 e. The van der Waals surface area contributed by atoms with Crippen LogP contribution in [0.2, 0.25) is 0 Å². The van der Waals surface area contributed by atoms with Crippen molar-refractivity contribution in [2.45, 2.75) is 70.3 Å². The maximum Gasteiger partial charge on any atom is 0.490 e. The normalized spacial score (nSPS) is 25.1. The van der Waals surface area contributed by atoms with Crippen LogP contribution >= 0.6 is 0 Å². The van der Waals surface area contributed by atoms with Gasteiger partial charge in [0.1, 0.15) is 17.1 Å². The van der Waals surface area contributed by atoms with E-state index >= 15 is 0 Å². The average Bonchev–Trinajstić information content (AvgIpc) is 3.53. The number of nitrogens with two attached hydrogens (primary N) is 1. The fraction of sp³-hybridized carbons (Fsp3) is 0.600. The number of alkyl halides is 3. The summed E-state index contributed by atoms with van der Waals surface area (Å²) < 4.78 is 43.4.